The number of carbonyl (C=O) groups is 1. The lowest BCUT2D eigenvalue weighted by atomic mass is 10.0. The molecule has 4 rings (SSSR count). The van der Waals surface area contributed by atoms with Crippen molar-refractivity contribution >= 4 is 17.5 Å². The lowest BCUT2D eigenvalue weighted by Crippen LogP contribution is -2.31. The Morgan fingerprint density at radius 3 is 2.62 bits per heavy atom. The summed E-state index contributed by atoms with van der Waals surface area (Å²) in [5.41, 5.74) is 5.28. The molecule has 0 saturated carbocycles. The van der Waals surface area contributed by atoms with Crippen LogP contribution in [0.15, 0.2) is 66.9 Å². The molecule has 0 aliphatic rings. The molecule has 0 spiro atoms. The molecule has 1 amide bonds. The van der Waals surface area contributed by atoms with Crippen molar-refractivity contribution in [3.63, 3.8) is 0 Å². The number of aromatic nitrogens is 3. The van der Waals surface area contributed by atoms with Crippen LogP contribution in [0.5, 0.6) is 0 Å². The second kappa shape index (κ2) is 9.34. The molecule has 1 unspecified atom stereocenters. The van der Waals surface area contributed by atoms with Crippen LogP contribution in [0.4, 0.5) is 0 Å². The molecule has 0 aliphatic heterocycles. The molecule has 6 nitrogen and oxygen atoms in total. The van der Waals surface area contributed by atoms with E-state index in [0.29, 0.717) is 16.5 Å². The number of benzene rings is 2. The van der Waals surface area contributed by atoms with Gasteiger partial charge in [-0.2, -0.15) is 0 Å². The number of aromatic amines is 1. The Hall–Kier alpha value is -3.48. The van der Waals surface area contributed by atoms with Crippen LogP contribution >= 0.6 is 11.6 Å². The topological polar surface area (TPSA) is 90.9 Å². The van der Waals surface area contributed by atoms with Gasteiger partial charge in [0, 0.05) is 28.0 Å². The highest BCUT2D eigenvalue weighted by atomic mass is 35.5. The van der Waals surface area contributed by atoms with E-state index in [0.717, 1.165) is 33.6 Å². The molecule has 0 radical (unpaired) electrons. The number of hydrogen-bond acceptors (Lipinski definition) is 4. The number of H-pyrrole nitrogens is 1. The number of nitrogens with one attached hydrogen (secondary N) is 2. The Labute approximate surface area is 191 Å². The lowest BCUT2D eigenvalue weighted by molar-refractivity contribution is 0.0911. The molecular formula is C25H23ClN4O2. The summed E-state index contributed by atoms with van der Waals surface area (Å²) in [6, 6.07) is 18.1. The standard InChI is InChI=1S/C25H23ClN4O2/c1-15-22(20-11-12-27-24(29-20)17-7-4-3-5-8-17)16(2)28-23(15)25(32)30-21(14-31)18-9-6-10-19(26)13-18/h3-13,21,28,31H,14H2,1-2H3,(H,30,32). The summed E-state index contributed by atoms with van der Waals surface area (Å²) < 4.78 is 0. The van der Waals surface area contributed by atoms with Gasteiger partial charge in [0.15, 0.2) is 5.82 Å². The predicted molar refractivity (Wildman–Crippen MR) is 125 cm³/mol. The molecule has 32 heavy (non-hydrogen) atoms. The fraction of sp³-hybridized carbons (Fsp3) is 0.160. The summed E-state index contributed by atoms with van der Waals surface area (Å²) in [6.07, 6.45) is 1.72. The predicted octanol–water partition coefficient (Wildman–Crippen LogP) is 4.87. The Kier molecular flexibility index (Phi) is 6.35. The summed E-state index contributed by atoms with van der Waals surface area (Å²) in [6.45, 7) is 3.54. The minimum Gasteiger partial charge on any atom is -0.394 e. The summed E-state index contributed by atoms with van der Waals surface area (Å²) in [7, 11) is 0. The van der Waals surface area contributed by atoms with Crippen LogP contribution < -0.4 is 5.32 Å². The maximum absolute atomic E-state index is 13.1. The van der Waals surface area contributed by atoms with Crippen molar-refractivity contribution in [1.29, 1.82) is 0 Å². The second-order valence-corrected chi connectivity index (χ2v) is 7.96. The summed E-state index contributed by atoms with van der Waals surface area (Å²) in [5.74, 6) is 0.309. The van der Waals surface area contributed by atoms with Crippen LogP contribution in [0.1, 0.15) is 33.4 Å². The minimum atomic E-state index is -0.573. The highest BCUT2D eigenvalue weighted by Gasteiger charge is 2.22. The van der Waals surface area contributed by atoms with Gasteiger partial charge in [0.05, 0.1) is 18.3 Å². The molecule has 3 N–H and O–H groups in total. The van der Waals surface area contributed by atoms with E-state index < -0.39 is 6.04 Å². The molecule has 1 atom stereocenters. The zero-order chi connectivity index (χ0) is 22.7. The van der Waals surface area contributed by atoms with Crippen molar-refractivity contribution in [3.8, 4) is 22.6 Å². The second-order valence-electron chi connectivity index (χ2n) is 7.52. The highest BCUT2D eigenvalue weighted by Crippen LogP contribution is 2.30. The average molecular weight is 447 g/mol. The molecular weight excluding hydrogens is 424 g/mol. The molecule has 2 heterocycles. The molecule has 4 aromatic rings. The maximum atomic E-state index is 13.1. The maximum Gasteiger partial charge on any atom is 0.268 e. The van der Waals surface area contributed by atoms with E-state index in [2.05, 4.69) is 15.3 Å². The van der Waals surface area contributed by atoms with Crippen LogP contribution in [0.25, 0.3) is 22.6 Å². The first kappa shape index (κ1) is 21.7. The van der Waals surface area contributed by atoms with Gasteiger partial charge in [-0.1, -0.05) is 54.1 Å². The van der Waals surface area contributed by atoms with Gasteiger partial charge in [0.1, 0.15) is 5.69 Å². The summed E-state index contributed by atoms with van der Waals surface area (Å²) in [4.78, 5) is 25.4. The third-order valence-corrected chi connectivity index (χ3v) is 5.58. The van der Waals surface area contributed by atoms with Gasteiger partial charge < -0.3 is 15.4 Å². The zero-order valence-electron chi connectivity index (χ0n) is 17.8. The summed E-state index contributed by atoms with van der Waals surface area (Å²) in [5, 5.41) is 13.3. The van der Waals surface area contributed by atoms with Crippen molar-refractivity contribution in [3.05, 3.63) is 94.4 Å². The molecule has 0 fully saturated rings. The van der Waals surface area contributed by atoms with Crippen LogP contribution in [0.3, 0.4) is 0 Å². The molecule has 0 saturated heterocycles. The third-order valence-electron chi connectivity index (χ3n) is 5.35. The van der Waals surface area contributed by atoms with Crippen LogP contribution in [-0.2, 0) is 0 Å². The van der Waals surface area contributed by atoms with Gasteiger partial charge in [-0.25, -0.2) is 9.97 Å². The molecule has 7 heteroatoms. The van der Waals surface area contributed by atoms with E-state index in [1.807, 2.05) is 56.3 Å². The van der Waals surface area contributed by atoms with E-state index in [9.17, 15) is 9.90 Å². The van der Waals surface area contributed by atoms with Crippen molar-refractivity contribution in [2.45, 2.75) is 19.9 Å². The van der Waals surface area contributed by atoms with Gasteiger partial charge in [0.2, 0.25) is 0 Å². The van der Waals surface area contributed by atoms with Crippen molar-refractivity contribution in [1.82, 2.24) is 20.3 Å². The Bertz CT molecular complexity index is 1250. The van der Waals surface area contributed by atoms with Crippen molar-refractivity contribution in [2.75, 3.05) is 6.61 Å². The van der Waals surface area contributed by atoms with E-state index in [-0.39, 0.29) is 12.5 Å². The number of amides is 1. The van der Waals surface area contributed by atoms with Gasteiger partial charge >= 0.3 is 0 Å². The fourth-order valence-corrected chi connectivity index (χ4v) is 3.97. The number of aliphatic hydroxyl groups is 1. The molecule has 0 aliphatic carbocycles. The van der Waals surface area contributed by atoms with Crippen LogP contribution in [0, 0.1) is 13.8 Å². The summed E-state index contributed by atoms with van der Waals surface area (Å²) >= 11 is 6.06. The number of aryl methyl sites for hydroxylation is 1. The monoisotopic (exact) mass is 446 g/mol. The number of nitrogens with zero attached hydrogens (tertiary/aromatic N) is 2. The zero-order valence-corrected chi connectivity index (χ0v) is 18.5. The number of halogens is 1. The van der Waals surface area contributed by atoms with E-state index in [1.54, 1.807) is 24.4 Å². The van der Waals surface area contributed by atoms with Crippen molar-refractivity contribution < 1.29 is 9.90 Å². The van der Waals surface area contributed by atoms with Gasteiger partial charge in [-0.15, -0.1) is 0 Å². The number of carbonyl (C=O) groups excluding carboxylic acids is 1. The van der Waals surface area contributed by atoms with Gasteiger partial charge in [0.25, 0.3) is 5.91 Å². The SMILES string of the molecule is Cc1[nH]c(C(=O)NC(CO)c2cccc(Cl)c2)c(C)c1-c1ccnc(-c2ccccc2)n1. The average Bonchev–Trinajstić information content (AvgIpc) is 3.12. The highest BCUT2D eigenvalue weighted by molar-refractivity contribution is 6.30. The smallest absolute Gasteiger partial charge is 0.268 e. The third kappa shape index (κ3) is 4.42. The number of hydrogen-bond donors (Lipinski definition) is 3. The molecule has 0 bridgehead atoms. The van der Waals surface area contributed by atoms with Gasteiger partial charge in [-0.05, 0) is 43.2 Å². The minimum absolute atomic E-state index is 0.246. The quantitative estimate of drug-likeness (QED) is 0.394. The van der Waals surface area contributed by atoms with E-state index in [1.165, 1.54) is 0 Å². The lowest BCUT2D eigenvalue weighted by Gasteiger charge is -2.17. The largest absolute Gasteiger partial charge is 0.394 e. The normalized spacial score (nSPS) is 11.9. The van der Waals surface area contributed by atoms with Crippen molar-refractivity contribution in [2.24, 2.45) is 0 Å². The molecule has 2 aromatic carbocycles. The van der Waals surface area contributed by atoms with Crippen LogP contribution in [-0.4, -0.2) is 32.6 Å². The first-order valence-electron chi connectivity index (χ1n) is 10.2. The Balaban J connectivity index is 1.64. The Morgan fingerprint density at radius 2 is 1.91 bits per heavy atom. The van der Waals surface area contributed by atoms with Crippen LogP contribution in [0.2, 0.25) is 5.02 Å². The fourth-order valence-electron chi connectivity index (χ4n) is 3.77. The van der Waals surface area contributed by atoms with Gasteiger partial charge in [-0.3, -0.25) is 4.79 Å². The van der Waals surface area contributed by atoms with E-state index in [4.69, 9.17) is 16.6 Å². The number of rotatable bonds is 6. The molecule has 2 aromatic heterocycles. The Morgan fingerprint density at radius 1 is 1.12 bits per heavy atom. The first-order chi connectivity index (χ1) is 15.5. The first-order valence-corrected chi connectivity index (χ1v) is 10.6. The number of aliphatic hydroxyl groups excluding tert-OH is 1. The van der Waals surface area contributed by atoms with E-state index >= 15 is 0 Å². The molecule has 162 valence electrons.